The molecule has 0 radical (unpaired) electrons. The van der Waals surface area contributed by atoms with E-state index in [0.29, 0.717) is 5.56 Å². The number of alkyl halides is 3. The minimum Gasteiger partial charge on any atom is -0.240 e. The Morgan fingerprint density at radius 1 is 1.08 bits per heavy atom. The maximum absolute atomic E-state index is 13.0. The Morgan fingerprint density at radius 3 is 2.38 bits per heavy atom. The number of hydrogen-bond donors (Lipinski definition) is 0. The van der Waals surface area contributed by atoms with Gasteiger partial charge in [0.15, 0.2) is 0 Å². The number of aromatic nitrogens is 2. The van der Waals surface area contributed by atoms with Gasteiger partial charge in [0, 0.05) is 6.20 Å². The van der Waals surface area contributed by atoms with Gasteiger partial charge in [0.2, 0.25) is 0 Å². The van der Waals surface area contributed by atoms with Crippen LogP contribution in [0.25, 0.3) is 16.6 Å². The molecule has 120 valence electrons. The fraction of sp³-hybridized carbons (Fsp3) is 0.222. The number of hydrogen-bond acceptors (Lipinski definition) is 2. The third kappa shape index (κ3) is 2.24. The van der Waals surface area contributed by atoms with E-state index in [4.69, 9.17) is 0 Å². The van der Waals surface area contributed by atoms with Crippen LogP contribution in [0.2, 0.25) is 0 Å². The summed E-state index contributed by atoms with van der Waals surface area (Å²) < 4.78 is 40.3. The van der Waals surface area contributed by atoms with Crippen molar-refractivity contribution in [2.24, 2.45) is 0 Å². The number of rotatable bonds is 2. The molecule has 0 unspecified atom stereocenters. The predicted molar refractivity (Wildman–Crippen MR) is 82.2 cm³/mol. The number of halogens is 3. The van der Waals surface area contributed by atoms with Gasteiger partial charge in [0.25, 0.3) is 0 Å². The Labute approximate surface area is 136 Å². The van der Waals surface area contributed by atoms with E-state index in [1.165, 1.54) is 16.8 Å². The highest BCUT2D eigenvalue weighted by Crippen LogP contribution is 2.47. The molecule has 24 heavy (non-hydrogen) atoms. The number of fused-ring (bicyclic) bond motifs is 1. The fourth-order valence-electron chi connectivity index (χ4n) is 2.95. The minimum absolute atomic E-state index is 0.0276. The lowest BCUT2D eigenvalue weighted by Gasteiger charge is -2.09. The molecular formula is C18H12F3N3. The van der Waals surface area contributed by atoms with Crippen LogP contribution in [0.5, 0.6) is 0 Å². The van der Waals surface area contributed by atoms with E-state index in [2.05, 4.69) is 11.2 Å². The zero-order chi connectivity index (χ0) is 16.9. The summed E-state index contributed by atoms with van der Waals surface area (Å²) >= 11 is 0. The molecule has 0 N–H and O–H groups in total. The molecule has 0 aliphatic heterocycles. The van der Waals surface area contributed by atoms with Crippen molar-refractivity contribution in [1.29, 1.82) is 5.26 Å². The van der Waals surface area contributed by atoms with Gasteiger partial charge in [-0.25, -0.2) is 4.52 Å². The topological polar surface area (TPSA) is 41.1 Å². The standard InChI is InChI=1S/C18H12F3N3/c19-18(20,21)15-10-23-24-8-5-13(9-16(15)24)12-1-3-14(4-2-12)17(11-22)6-7-17/h1-5,8-10H,6-7H2. The van der Waals surface area contributed by atoms with Gasteiger partial charge in [-0.15, -0.1) is 0 Å². The maximum atomic E-state index is 13.0. The van der Waals surface area contributed by atoms with Crippen molar-refractivity contribution in [3.8, 4) is 17.2 Å². The van der Waals surface area contributed by atoms with Crippen LogP contribution in [0, 0.1) is 11.3 Å². The van der Waals surface area contributed by atoms with E-state index < -0.39 is 11.7 Å². The summed E-state index contributed by atoms with van der Waals surface area (Å²) in [5, 5.41) is 13.0. The molecule has 4 rings (SSSR count). The zero-order valence-electron chi connectivity index (χ0n) is 12.5. The predicted octanol–water partition coefficient (Wildman–Crippen LogP) is 4.58. The number of benzene rings is 1. The quantitative estimate of drug-likeness (QED) is 0.691. The highest BCUT2D eigenvalue weighted by Gasteiger charge is 2.44. The summed E-state index contributed by atoms with van der Waals surface area (Å²) in [5.41, 5.74) is 1.38. The van der Waals surface area contributed by atoms with Crippen LogP contribution in [0.1, 0.15) is 24.0 Å². The number of nitriles is 1. The van der Waals surface area contributed by atoms with Gasteiger partial charge in [0.1, 0.15) is 5.56 Å². The summed E-state index contributed by atoms with van der Waals surface area (Å²) in [5.74, 6) is 0. The molecule has 2 heterocycles. The van der Waals surface area contributed by atoms with Gasteiger partial charge in [0.05, 0.1) is 23.2 Å². The first kappa shape index (κ1) is 14.8. The van der Waals surface area contributed by atoms with Crippen molar-refractivity contribution in [2.75, 3.05) is 0 Å². The molecule has 0 atom stereocenters. The Bertz CT molecular complexity index is 958. The molecule has 0 saturated heterocycles. The van der Waals surface area contributed by atoms with Crippen LogP contribution in [-0.4, -0.2) is 9.61 Å². The first-order valence-electron chi connectivity index (χ1n) is 7.50. The van der Waals surface area contributed by atoms with Gasteiger partial charge < -0.3 is 0 Å². The van der Waals surface area contributed by atoms with Crippen molar-refractivity contribution in [1.82, 2.24) is 9.61 Å². The average Bonchev–Trinajstić information content (AvgIpc) is 3.25. The van der Waals surface area contributed by atoms with Crippen molar-refractivity contribution in [3.05, 3.63) is 59.9 Å². The average molecular weight is 327 g/mol. The molecule has 0 amide bonds. The summed E-state index contributed by atoms with van der Waals surface area (Å²) in [6.45, 7) is 0. The van der Waals surface area contributed by atoms with Crippen LogP contribution >= 0.6 is 0 Å². The van der Waals surface area contributed by atoms with Crippen molar-refractivity contribution in [3.63, 3.8) is 0 Å². The molecular weight excluding hydrogens is 315 g/mol. The van der Waals surface area contributed by atoms with Gasteiger partial charge in [-0.05, 0) is 41.7 Å². The van der Waals surface area contributed by atoms with Crippen molar-refractivity contribution in [2.45, 2.75) is 24.4 Å². The molecule has 1 aliphatic carbocycles. The van der Waals surface area contributed by atoms with E-state index in [1.807, 2.05) is 24.3 Å². The minimum atomic E-state index is -4.44. The van der Waals surface area contributed by atoms with E-state index >= 15 is 0 Å². The maximum Gasteiger partial charge on any atom is 0.420 e. The number of nitrogens with zero attached hydrogens (tertiary/aromatic N) is 3. The molecule has 2 aromatic heterocycles. The first-order chi connectivity index (χ1) is 11.4. The molecule has 1 saturated carbocycles. The van der Waals surface area contributed by atoms with Gasteiger partial charge in [-0.3, -0.25) is 0 Å². The van der Waals surface area contributed by atoms with Gasteiger partial charge >= 0.3 is 6.18 Å². The second kappa shape index (κ2) is 4.84. The van der Waals surface area contributed by atoms with Crippen molar-refractivity contribution >= 4 is 5.52 Å². The monoisotopic (exact) mass is 327 g/mol. The third-order valence-electron chi connectivity index (χ3n) is 4.56. The lowest BCUT2D eigenvalue weighted by atomic mass is 9.95. The summed E-state index contributed by atoms with van der Waals surface area (Å²) in [6, 6.07) is 13.0. The van der Waals surface area contributed by atoms with Crippen LogP contribution in [-0.2, 0) is 11.6 Å². The van der Waals surface area contributed by atoms with Crippen LogP contribution in [0.15, 0.2) is 48.8 Å². The van der Waals surface area contributed by atoms with Crippen LogP contribution in [0.3, 0.4) is 0 Å². The van der Waals surface area contributed by atoms with Crippen molar-refractivity contribution < 1.29 is 13.2 Å². The second-order valence-corrected chi connectivity index (χ2v) is 6.07. The fourth-order valence-corrected chi connectivity index (χ4v) is 2.95. The van der Waals surface area contributed by atoms with E-state index in [1.54, 1.807) is 6.07 Å². The van der Waals surface area contributed by atoms with Gasteiger partial charge in [-0.2, -0.15) is 23.5 Å². The lowest BCUT2D eigenvalue weighted by Crippen LogP contribution is -2.04. The molecule has 3 nitrogen and oxygen atoms in total. The zero-order valence-corrected chi connectivity index (χ0v) is 12.5. The van der Waals surface area contributed by atoms with Crippen LogP contribution in [0.4, 0.5) is 13.2 Å². The van der Waals surface area contributed by atoms with E-state index in [-0.39, 0.29) is 10.9 Å². The normalized spacial score (nSPS) is 16.1. The Hall–Kier alpha value is -2.81. The molecule has 0 bridgehead atoms. The highest BCUT2D eigenvalue weighted by molar-refractivity contribution is 5.71. The summed E-state index contributed by atoms with van der Waals surface area (Å²) in [4.78, 5) is 0. The van der Waals surface area contributed by atoms with Crippen LogP contribution < -0.4 is 0 Å². The first-order valence-corrected chi connectivity index (χ1v) is 7.50. The largest absolute Gasteiger partial charge is 0.420 e. The Balaban J connectivity index is 1.75. The Kier molecular flexibility index (Phi) is 2.98. The molecule has 1 aromatic carbocycles. The molecule has 1 fully saturated rings. The molecule has 3 aromatic rings. The van der Waals surface area contributed by atoms with E-state index in [0.717, 1.165) is 30.2 Å². The lowest BCUT2D eigenvalue weighted by molar-refractivity contribution is -0.136. The summed E-state index contributed by atoms with van der Waals surface area (Å²) in [6.07, 6.45) is -0.355. The molecule has 1 aliphatic rings. The Morgan fingerprint density at radius 2 is 1.79 bits per heavy atom. The molecule has 6 heteroatoms. The SMILES string of the molecule is N#CC1(c2ccc(-c3ccn4ncc(C(F)(F)F)c4c3)cc2)CC1. The highest BCUT2D eigenvalue weighted by atomic mass is 19.4. The van der Waals surface area contributed by atoms with E-state index in [9.17, 15) is 18.4 Å². The third-order valence-corrected chi connectivity index (χ3v) is 4.56. The molecule has 0 spiro atoms. The van der Waals surface area contributed by atoms with Gasteiger partial charge in [-0.1, -0.05) is 24.3 Å². The number of pyridine rings is 1. The second-order valence-electron chi connectivity index (χ2n) is 6.07. The smallest absolute Gasteiger partial charge is 0.240 e. The summed E-state index contributed by atoms with van der Waals surface area (Å²) in [7, 11) is 0.